The number of pyridine rings is 1. The summed E-state index contributed by atoms with van der Waals surface area (Å²) in [5.41, 5.74) is 6.91. The van der Waals surface area contributed by atoms with Gasteiger partial charge in [-0.15, -0.1) is 0 Å². The summed E-state index contributed by atoms with van der Waals surface area (Å²) in [4.78, 5) is 14.9. The van der Waals surface area contributed by atoms with Crippen LogP contribution in [0.2, 0.25) is 0 Å². The molecule has 0 aliphatic carbocycles. The number of amides is 1. The number of nitrogens with one attached hydrogen (secondary N) is 1. The molecule has 0 aliphatic heterocycles. The lowest BCUT2D eigenvalue weighted by Gasteiger charge is -1.98. The van der Waals surface area contributed by atoms with Crippen molar-refractivity contribution in [3.8, 4) is 0 Å². The average molecular weight is 218 g/mol. The molecule has 16 heavy (non-hydrogen) atoms. The second-order valence-corrected chi connectivity index (χ2v) is 3.59. The molecule has 0 aliphatic rings. The van der Waals surface area contributed by atoms with Crippen molar-refractivity contribution < 1.29 is 4.79 Å². The number of nitrogens with two attached hydrogens (primary N) is 1. The minimum atomic E-state index is -0.289. The molecular weight excluding hydrogens is 204 g/mol. The number of hydrogen-bond acceptors (Lipinski definition) is 3. The lowest BCUT2D eigenvalue weighted by molar-refractivity contribution is -0.117. The van der Waals surface area contributed by atoms with Gasteiger partial charge in [0.15, 0.2) is 0 Å². The third kappa shape index (κ3) is 2.58. The molecule has 84 valence electrons. The number of rotatable bonds is 5. The molecule has 0 saturated heterocycles. The number of nitrogens with zero attached hydrogens (tertiary/aromatic N) is 2. The van der Waals surface area contributed by atoms with E-state index in [1.165, 1.54) is 0 Å². The van der Waals surface area contributed by atoms with Crippen molar-refractivity contribution in [3.63, 3.8) is 0 Å². The Balaban J connectivity index is 1.92. The third-order valence-corrected chi connectivity index (χ3v) is 2.27. The molecule has 0 saturated carbocycles. The fraction of sp³-hybridized carbons (Fsp3) is 0.273. The Morgan fingerprint density at radius 3 is 3.12 bits per heavy atom. The van der Waals surface area contributed by atoms with Crippen LogP contribution in [-0.4, -0.2) is 21.8 Å². The van der Waals surface area contributed by atoms with Crippen molar-refractivity contribution in [3.05, 3.63) is 36.3 Å². The number of carbonyl (C=O) groups excluding carboxylic acids is 1. The SMILES string of the molecule is NC(=O)CCNCc1cn2ccccc2n1. The van der Waals surface area contributed by atoms with Crippen LogP contribution in [0.3, 0.4) is 0 Å². The van der Waals surface area contributed by atoms with Crippen molar-refractivity contribution in [1.29, 1.82) is 0 Å². The summed E-state index contributed by atoms with van der Waals surface area (Å²) in [7, 11) is 0. The second kappa shape index (κ2) is 4.76. The Labute approximate surface area is 93.3 Å². The summed E-state index contributed by atoms with van der Waals surface area (Å²) < 4.78 is 1.96. The van der Waals surface area contributed by atoms with E-state index < -0.39 is 0 Å². The molecule has 2 heterocycles. The van der Waals surface area contributed by atoms with Crippen LogP contribution in [0.15, 0.2) is 30.6 Å². The first-order chi connectivity index (χ1) is 7.75. The molecule has 0 unspecified atom stereocenters. The molecule has 0 bridgehead atoms. The molecule has 0 radical (unpaired) electrons. The van der Waals surface area contributed by atoms with E-state index in [1.807, 2.05) is 35.0 Å². The minimum absolute atomic E-state index is 0.289. The van der Waals surface area contributed by atoms with Gasteiger partial charge >= 0.3 is 0 Å². The van der Waals surface area contributed by atoms with Crippen LogP contribution < -0.4 is 11.1 Å². The van der Waals surface area contributed by atoms with Crippen LogP contribution in [0.1, 0.15) is 12.1 Å². The molecule has 0 aromatic carbocycles. The van der Waals surface area contributed by atoms with Crippen molar-refractivity contribution >= 4 is 11.6 Å². The number of fused-ring (bicyclic) bond motifs is 1. The molecule has 0 spiro atoms. The van der Waals surface area contributed by atoms with Crippen LogP contribution in [-0.2, 0) is 11.3 Å². The summed E-state index contributed by atoms with van der Waals surface area (Å²) in [6, 6.07) is 5.86. The zero-order valence-corrected chi connectivity index (χ0v) is 8.89. The summed E-state index contributed by atoms with van der Waals surface area (Å²) in [5, 5.41) is 3.12. The highest BCUT2D eigenvalue weighted by Gasteiger charge is 2.00. The van der Waals surface area contributed by atoms with Gasteiger partial charge in [0.1, 0.15) is 5.65 Å². The number of imidazole rings is 1. The van der Waals surface area contributed by atoms with Gasteiger partial charge in [0.25, 0.3) is 0 Å². The molecule has 5 heteroatoms. The maximum absolute atomic E-state index is 10.5. The summed E-state index contributed by atoms with van der Waals surface area (Å²) in [6.45, 7) is 1.23. The smallest absolute Gasteiger partial charge is 0.218 e. The number of primary amides is 1. The largest absolute Gasteiger partial charge is 0.370 e. The third-order valence-electron chi connectivity index (χ3n) is 2.27. The fourth-order valence-corrected chi connectivity index (χ4v) is 1.50. The normalized spacial score (nSPS) is 10.8. The molecule has 1 amide bonds. The average Bonchev–Trinajstić information content (AvgIpc) is 2.66. The van der Waals surface area contributed by atoms with E-state index >= 15 is 0 Å². The van der Waals surface area contributed by atoms with Gasteiger partial charge in [0.2, 0.25) is 5.91 Å². The van der Waals surface area contributed by atoms with Gasteiger partial charge in [-0.3, -0.25) is 4.79 Å². The lowest BCUT2D eigenvalue weighted by Crippen LogP contribution is -2.21. The van der Waals surface area contributed by atoms with E-state index in [0.717, 1.165) is 11.3 Å². The lowest BCUT2D eigenvalue weighted by atomic mass is 10.4. The topological polar surface area (TPSA) is 72.4 Å². The van der Waals surface area contributed by atoms with Crippen molar-refractivity contribution in [2.24, 2.45) is 5.73 Å². The minimum Gasteiger partial charge on any atom is -0.370 e. The quantitative estimate of drug-likeness (QED) is 0.709. The fourth-order valence-electron chi connectivity index (χ4n) is 1.50. The molecule has 5 nitrogen and oxygen atoms in total. The Morgan fingerprint density at radius 1 is 1.50 bits per heavy atom. The Morgan fingerprint density at radius 2 is 2.38 bits per heavy atom. The van der Waals surface area contributed by atoms with Crippen LogP contribution >= 0.6 is 0 Å². The van der Waals surface area contributed by atoms with Crippen molar-refractivity contribution in [2.75, 3.05) is 6.54 Å². The number of carbonyl (C=O) groups is 1. The highest BCUT2D eigenvalue weighted by molar-refractivity contribution is 5.73. The van der Waals surface area contributed by atoms with Gasteiger partial charge in [0.05, 0.1) is 5.69 Å². The Bertz CT molecular complexity index is 458. The first-order valence-electron chi connectivity index (χ1n) is 5.17. The van der Waals surface area contributed by atoms with Gasteiger partial charge in [-0.25, -0.2) is 4.98 Å². The summed E-state index contributed by atoms with van der Waals surface area (Å²) >= 11 is 0. The van der Waals surface area contributed by atoms with Gasteiger partial charge in [-0.2, -0.15) is 0 Å². The molecule has 3 N–H and O–H groups in total. The van der Waals surface area contributed by atoms with Crippen LogP contribution in [0.4, 0.5) is 0 Å². The molecule has 2 rings (SSSR count). The molecule has 2 aromatic rings. The van der Waals surface area contributed by atoms with E-state index in [2.05, 4.69) is 10.3 Å². The predicted molar refractivity (Wildman–Crippen MR) is 60.7 cm³/mol. The van der Waals surface area contributed by atoms with Gasteiger partial charge in [0, 0.05) is 31.9 Å². The van der Waals surface area contributed by atoms with Crippen LogP contribution in [0.5, 0.6) is 0 Å². The zero-order chi connectivity index (χ0) is 11.4. The van der Waals surface area contributed by atoms with E-state index in [0.29, 0.717) is 19.5 Å². The monoisotopic (exact) mass is 218 g/mol. The van der Waals surface area contributed by atoms with E-state index in [9.17, 15) is 4.79 Å². The second-order valence-electron chi connectivity index (χ2n) is 3.59. The Hall–Kier alpha value is -1.88. The maximum atomic E-state index is 10.5. The van der Waals surface area contributed by atoms with Crippen molar-refractivity contribution in [1.82, 2.24) is 14.7 Å². The van der Waals surface area contributed by atoms with Gasteiger partial charge in [-0.05, 0) is 12.1 Å². The number of aromatic nitrogens is 2. The summed E-state index contributed by atoms with van der Waals surface area (Å²) in [5.74, 6) is -0.289. The van der Waals surface area contributed by atoms with Gasteiger partial charge < -0.3 is 15.5 Å². The zero-order valence-electron chi connectivity index (χ0n) is 8.89. The highest BCUT2D eigenvalue weighted by atomic mass is 16.1. The van der Waals surface area contributed by atoms with E-state index in [-0.39, 0.29) is 5.91 Å². The maximum Gasteiger partial charge on any atom is 0.218 e. The van der Waals surface area contributed by atoms with E-state index in [4.69, 9.17) is 5.73 Å². The van der Waals surface area contributed by atoms with Crippen LogP contribution in [0.25, 0.3) is 5.65 Å². The Kier molecular flexibility index (Phi) is 3.16. The van der Waals surface area contributed by atoms with Crippen molar-refractivity contribution in [2.45, 2.75) is 13.0 Å². The van der Waals surface area contributed by atoms with E-state index in [1.54, 1.807) is 0 Å². The molecule has 0 atom stereocenters. The number of hydrogen-bond donors (Lipinski definition) is 2. The first-order valence-corrected chi connectivity index (χ1v) is 5.17. The van der Waals surface area contributed by atoms with Gasteiger partial charge in [-0.1, -0.05) is 6.07 Å². The summed E-state index contributed by atoms with van der Waals surface area (Å²) in [6.07, 6.45) is 4.27. The standard InChI is InChI=1S/C11H14N4O/c12-10(16)4-5-13-7-9-8-15-6-2-1-3-11(15)14-9/h1-3,6,8,13H,4-5,7H2,(H2,12,16). The molecule has 0 fully saturated rings. The first kappa shape index (κ1) is 10.6. The van der Waals surface area contributed by atoms with Crippen LogP contribution in [0, 0.1) is 0 Å². The highest BCUT2D eigenvalue weighted by Crippen LogP contribution is 2.03. The predicted octanol–water partition coefficient (Wildman–Crippen LogP) is 0.299. The molecule has 2 aromatic heterocycles. The molecular formula is C11H14N4O.